The molecule has 3 unspecified atom stereocenters. The van der Waals surface area contributed by atoms with Crippen molar-refractivity contribution >= 4 is 5.91 Å². The fourth-order valence-corrected chi connectivity index (χ4v) is 3.49. The normalized spacial score (nSPS) is 26.3. The Morgan fingerprint density at radius 2 is 2.00 bits per heavy atom. The van der Waals surface area contributed by atoms with E-state index in [1.165, 1.54) is 0 Å². The Hall–Kier alpha value is -2.27. The van der Waals surface area contributed by atoms with Crippen LogP contribution in [-0.4, -0.2) is 29.6 Å². The lowest BCUT2D eigenvalue weighted by Gasteiger charge is -2.23. The minimum atomic E-state index is -0.163. The molecule has 1 saturated heterocycles. The van der Waals surface area contributed by atoms with Crippen molar-refractivity contribution in [3.63, 3.8) is 0 Å². The van der Waals surface area contributed by atoms with E-state index in [4.69, 9.17) is 4.42 Å². The van der Waals surface area contributed by atoms with E-state index in [0.717, 1.165) is 24.9 Å². The fraction of sp³-hybridized carbons (Fsp3) is 0.353. The summed E-state index contributed by atoms with van der Waals surface area (Å²) in [6.45, 7) is 1.07. The Bertz CT molecular complexity index is 692. The Morgan fingerprint density at radius 1 is 1.18 bits per heavy atom. The molecule has 1 aliphatic carbocycles. The third-order valence-electron chi connectivity index (χ3n) is 4.63. The van der Waals surface area contributed by atoms with Gasteiger partial charge in [-0.3, -0.25) is 4.79 Å². The molecule has 1 saturated carbocycles. The average Bonchev–Trinajstić information content (AvgIpc) is 3.24. The maximum Gasteiger partial charge on any atom is 0.287 e. The van der Waals surface area contributed by atoms with Crippen LogP contribution < -0.4 is 10.6 Å². The van der Waals surface area contributed by atoms with Gasteiger partial charge in [-0.05, 0) is 61.7 Å². The number of piperidine rings is 1. The number of benzene rings is 1. The van der Waals surface area contributed by atoms with Crippen molar-refractivity contribution in [3.8, 4) is 17.1 Å². The summed E-state index contributed by atoms with van der Waals surface area (Å²) in [4.78, 5) is 12.3. The largest absolute Gasteiger partial charge is 0.508 e. The molecular weight excluding hydrogens is 280 g/mol. The summed E-state index contributed by atoms with van der Waals surface area (Å²) >= 11 is 0. The minimum absolute atomic E-state index is 0.163. The highest BCUT2D eigenvalue weighted by Gasteiger charge is 2.40. The Morgan fingerprint density at radius 3 is 2.68 bits per heavy atom. The number of phenolic OH excluding ortho intramolecular Hbond substituents is 1. The number of carbonyl (C=O) groups excluding carboxylic acids is 1. The lowest BCUT2D eigenvalue weighted by molar-refractivity contribution is 0.0901. The number of fused-ring (bicyclic) bond motifs is 2. The lowest BCUT2D eigenvalue weighted by atomic mass is 10.1. The summed E-state index contributed by atoms with van der Waals surface area (Å²) in [6, 6.07) is 10.8. The fourth-order valence-electron chi connectivity index (χ4n) is 3.49. The lowest BCUT2D eigenvalue weighted by Crippen LogP contribution is -2.47. The molecule has 0 spiro atoms. The second-order valence-electron chi connectivity index (χ2n) is 6.14. The standard InChI is InChI=1S/C17H18N2O3/c20-12-3-1-11(2-4-12)15-5-6-16(22-15)17(21)19-14-8-10-7-13(14)18-9-10/h1-6,10,13-14,18,20H,7-9H2,(H,19,21). The zero-order chi connectivity index (χ0) is 15.1. The molecule has 2 aliphatic rings. The number of aromatic hydroxyl groups is 1. The van der Waals surface area contributed by atoms with Crippen LogP contribution in [0, 0.1) is 5.92 Å². The molecule has 2 bridgehead atoms. The van der Waals surface area contributed by atoms with E-state index in [-0.39, 0.29) is 17.7 Å². The van der Waals surface area contributed by atoms with Crippen molar-refractivity contribution in [2.75, 3.05) is 6.54 Å². The molecule has 0 radical (unpaired) electrons. The van der Waals surface area contributed by atoms with Crippen molar-refractivity contribution in [1.29, 1.82) is 0 Å². The summed E-state index contributed by atoms with van der Waals surface area (Å²) in [7, 11) is 0. The van der Waals surface area contributed by atoms with Gasteiger partial charge in [-0.25, -0.2) is 0 Å². The van der Waals surface area contributed by atoms with Gasteiger partial charge < -0.3 is 20.2 Å². The number of hydrogen-bond donors (Lipinski definition) is 3. The van der Waals surface area contributed by atoms with Gasteiger partial charge in [0, 0.05) is 17.6 Å². The molecule has 1 aliphatic heterocycles. The number of nitrogens with one attached hydrogen (secondary N) is 2. The van der Waals surface area contributed by atoms with E-state index in [9.17, 15) is 9.90 Å². The molecule has 22 heavy (non-hydrogen) atoms. The molecule has 2 heterocycles. The third kappa shape index (κ3) is 2.37. The molecule has 5 heteroatoms. The van der Waals surface area contributed by atoms with Crippen LogP contribution in [0.2, 0.25) is 0 Å². The van der Waals surface area contributed by atoms with E-state index < -0.39 is 0 Å². The molecule has 1 amide bonds. The van der Waals surface area contributed by atoms with Crippen molar-refractivity contribution in [3.05, 3.63) is 42.2 Å². The molecule has 5 nitrogen and oxygen atoms in total. The number of hydrogen-bond acceptors (Lipinski definition) is 4. The third-order valence-corrected chi connectivity index (χ3v) is 4.63. The zero-order valence-electron chi connectivity index (χ0n) is 12.1. The minimum Gasteiger partial charge on any atom is -0.508 e. The number of phenols is 1. The summed E-state index contributed by atoms with van der Waals surface area (Å²) in [5.41, 5.74) is 0.832. The van der Waals surface area contributed by atoms with Gasteiger partial charge in [0.1, 0.15) is 11.5 Å². The average molecular weight is 298 g/mol. The van der Waals surface area contributed by atoms with Gasteiger partial charge in [0.25, 0.3) is 5.91 Å². The smallest absolute Gasteiger partial charge is 0.287 e. The van der Waals surface area contributed by atoms with E-state index in [1.54, 1.807) is 36.4 Å². The van der Waals surface area contributed by atoms with Crippen LogP contribution in [0.3, 0.4) is 0 Å². The number of rotatable bonds is 3. The predicted octanol–water partition coefficient (Wildman–Crippen LogP) is 2.13. The first-order valence-electron chi connectivity index (χ1n) is 7.62. The monoisotopic (exact) mass is 298 g/mol. The molecule has 2 fully saturated rings. The molecule has 3 atom stereocenters. The summed E-state index contributed by atoms with van der Waals surface area (Å²) < 4.78 is 5.65. The van der Waals surface area contributed by atoms with E-state index in [0.29, 0.717) is 23.5 Å². The molecule has 114 valence electrons. The SMILES string of the molecule is O=C(NC1CC2CNC1C2)c1ccc(-c2ccc(O)cc2)o1. The topological polar surface area (TPSA) is 74.5 Å². The molecular formula is C17H18N2O3. The maximum absolute atomic E-state index is 12.3. The molecule has 2 aromatic rings. The van der Waals surface area contributed by atoms with Crippen molar-refractivity contribution in [2.45, 2.75) is 24.9 Å². The quantitative estimate of drug-likeness (QED) is 0.811. The van der Waals surface area contributed by atoms with E-state index in [1.807, 2.05) is 0 Å². The van der Waals surface area contributed by atoms with Crippen LogP contribution in [0.5, 0.6) is 5.75 Å². The summed E-state index contributed by atoms with van der Waals surface area (Å²) in [6.07, 6.45) is 2.21. The van der Waals surface area contributed by atoms with Crippen molar-refractivity contribution in [2.24, 2.45) is 5.92 Å². The van der Waals surface area contributed by atoms with Crippen LogP contribution in [0.1, 0.15) is 23.4 Å². The summed E-state index contributed by atoms with van der Waals surface area (Å²) in [5, 5.41) is 15.8. The van der Waals surface area contributed by atoms with Crippen molar-refractivity contribution < 1.29 is 14.3 Å². The Kier molecular flexibility index (Phi) is 3.15. The maximum atomic E-state index is 12.3. The van der Waals surface area contributed by atoms with Crippen molar-refractivity contribution in [1.82, 2.24) is 10.6 Å². The van der Waals surface area contributed by atoms with E-state index in [2.05, 4.69) is 10.6 Å². The predicted molar refractivity (Wildman–Crippen MR) is 81.6 cm³/mol. The highest BCUT2D eigenvalue weighted by atomic mass is 16.3. The molecule has 4 rings (SSSR count). The van der Waals surface area contributed by atoms with Crippen LogP contribution in [0.4, 0.5) is 0 Å². The Balaban J connectivity index is 1.46. The number of furan rings is 1. The molecule has 1 aromatic carbocycles. The Labute approximate surface area is 128 Å². The van der Waals surface area contributed by atoms with Gasteiger partial charge in [0.2, 0.25) is 0 Å². The highest BCUT2D eigenvalue weighted by molar-refractivity contribution is 5.92. The summed E-state index contributed by atoms with van der Waals surface area (Å²) in [5.74, 6) is 1.68. The van der Waals surface area contributed by atoms with Gasteiger partial charge in [0.15, 0.2) is 5.76 Å². The van der Waals surface area contributed by atoms with Crippen LogP contribution in [0.15, 0.2) is 40.8 Å². The van der Waals surface area contributed by atoms with Gasteiger partial charge in [-0.1, -0.05) is 0 Å². The molecule has 1 aromatic heterocycles. The van der Waals surface area contributed by atoms with Crippen LogP contribution in [-0.2, 0) is 0 Å². The van der Waals surface area contributed by atoms with Gasteiger partial charge >= 0.3 is 0 Å². The van der Waals surface area contributed by atoms with E-state index >= 15 is 0 Å². The first-order valence-corrected chi connectivity index (χ1v) is 7.62. The second-order valence-corrected chi connectivity index (χ2v) is 6.14. The number of carbonyl (C=O) groups is 1. The van der Waals surface area contributed by atoms with Gasteiger partial charge in [-0.15, -0.1) is 0 Å². The first kappa shape index (κ1) is 13.4. The number of amides is 1. The van der Waals surface area contributed by atoms with Crippen LogP contribution in [0.25, 0.3) is 11.3 Å². The first-order chi connectivity index (χ1) is 10.7. The molecule has 3 N–H and O–H groups in total. The van der Waals surface area contributed by atoms with Gasteiger partial charge in [-0.2, -0.15) is 0 Å². The second kappa shape index (κ2) is 5.18. The highest BCUT2D eigenvalue weighted by Crippen LogP contribution is 2.31. The van der Waals surface area contributed by atoms with Gasteiger partial charge in [0.05, 0.1) is 0 Å². The van der Waals surface area contributed by atoms with Crippen LogP contribution >= 0.6 is 0 Å². The zero-order valence-corrected chi connectivity index (χ0v) is 12.1.